The summed E-state index contributed by atoms with van der Waals surface area (Å²) in [5.41, 5.74) is 3.21. The molecule has 0 spiro atoms. The number of nitrogens with zero attached hydrogens (tertiary/aromatic N) is 4. The van der Waals surface area contributed by atoms with Gasteiger partial charge in [-0.15, -0.1) is 0 Å². The molecule has 0 fully saturated rings. The molecule has 0 saturated carbocycles. The number of nitrogens with one attached hydrogen (secondary N) is 1. The third-order valence-corrected chi connectivity index (χ3v) is 4.07. The van der Waals surface area contributed by atoms with Crippen LogP contribution in [0.5, 0.6) is 0 Å². The van der Waals surface area contributed by atoms with Gasteiger partial charge < -0.3 is 14.4 Å². The average molecular weight is 325 g/mol. The van der Waals surface area contributed by atoms with Crippen LogP contribution >= 0.6 is 0 Å². The van der Waals surface area contributed by atoms with Crippen LogP contribution in [0.15, 0.2) is 35.0 Å². The van der Waals surface area contributed by atoms with Gasteiger partial charge in [0.05, 0.1) is 5.56 Å². The molecule has 3 aromatic heterocycles. The standard InChI is InChI=1S/C17H19N5O2/c1-10-9-13(12(3)22(10)4)16(23)19-11(2)17-20-15(21-24-17)14-7-5-6-8-18-14/h5-9,11H,1-4H3,(H,19,23)/t11-/m1/s1. The molecule has 24 heavy (non-hydrogen) atoms. The molecule has 0 aliphatic carbocycles. The zero-order chi connectivity index (χ0) is 17.3. The summed E-state index contributed by atoms with van der Waals surface area (Å²) in [4.78, 5) is 21.0. The van der Waals surface area contributed by atoms with Crippen LogP contribution in [0, 0.1) is 13.8 Å². The van der Waals surface area contributed by atoms with Crippen molar-refractivity contribution in [2.24, 2.45) is 7.05 Å². The van der Waals surface area contributed by atoms with E-state index in [0.29, 0.717) is 23.0 Å². The highest BCUT2D eigenvalue weighted by molar-refractivity contribution is 5.95. The van der Waals surface area contributed by atoms with Gasteiger partial charge in [-0.25, -0.2) is 0 Å². The minimum atomic E-state index is -0.401. The molecular formula is C17H19N5O2. The van der Waals surface area contributed by atoms with Crippen LogP contribution in [0.3, 0.4) is 0 Å². The monoisotopic (exact) mass is 325 g/mol. The van der Waals surface area contributed by atoms with Gasteiger partial charge in [-0.2, -0.15) is 4.98 Å². The maximum atomic E-state index is 12.5. The molecule has 3 aromatic rings. The van der Waals surface area contributed by atoms with Crippen LogP contribution in [-0.2, 0) is 7.05 Å². The molecule has 0 aliphatic rings. The van der Waals surface area contributed by atoms with Crippen LogP contribution in [0.2, 0.25) is 0 Å². The predicted octanol–water partition coefficient (Wildman–Crippen LogP) is 2.58. The van der Waals surface area contributed by atoms with E-state index in [1.165, 1.54) is 0 Å². The zero-order valence-electron chi connectivity index (χ0n) is 14.1. The van der Waals surface area contributed by atoms with E-state index in [9.17, 15) is 4.79 Å². The van der Waals surface area contributed by atoms with Gasteiger partial charge in [0.15, 0.2) is 0 Å². The fourth-order valence-electron chi connectivity index (χ4n) is 2.43. The molecule has 124 valence electrons. The summed E-state index contributed by atoms with van der Waals surface area (Å²) in [7, 11) is 1.93. The minimum Gasteiger partial charge on any atom is -0.351 e. The summed E-state index contributed by atoms with van der Waals surface area (Å²) >= 11 is 0. The number of hydrogen-bond acceptors (Lipinski definition) is 5. The number of aryl methyl sites for hydroxylation is 1. The Bertz CT molecular complexity index is 866. The first-order valence-corrected chi connectivity index (χ1v) is 7.66. The molecule has 1 amide bonds. The molecule has 7 nitrogen and oxygen atoms in total. The largest absolute Gasteiger partial charge is 0.351 e. The lowest BCUT2D eigenvalue weighted by molar-refractivity contribution is 0.0932. The van der Waals surface area contributed by atoms with Crippen molar-refractivity contribution >= 4 is 5.91 Å². The second-order valence-electron chi connectivity index (χ2n) is 5.71. The second kappa shape index (κ2) is 6.27. The van der Waals surface area contributed by atoms with E-state index in [2.05, 4.69) is 20.4 Å². The Hall–Kier alpha value is -2.96. The van der Waals surface area contributed by atoms with Crippen LogP contribution in [0.4, 0.5) is 0 Å². The maximum absolute atomic E-state index is 12.5. The Morgan fingerprint density at radius 2 is 2.12 bits per heavy atom. The molecule has 7 heteroatoms. The van der Waals surface area contributed by atoms with Gasteiger partial charge in [-0.05, 0) is 39.0 Å². The van der Waals surface area contributed by atoms with Crippen LogP contribution in [-0.4, -0.2) is 25.6 Å². The lowest BCUT2D eigenvalue weighted by Crippen LogP contribution is -2.27. The normalized spacial score (nSPS) is 12.2. The Balaban J connectivity index is 1.75. The van der Waals surface area contributed by atoms with Gasteiger partial charge in [-0.1, -0.05) is 11.2 Å². The zero-order valence-corrected chi connectivity index (χ0v) is 14.1. The summed E-state index contributed by atoms with van der Waals surface area (Å²) in [6.45, 7) is 5.68. The molecule has 1 atom stereocenters. The quantitative estimate of drug-likeness (QED) is 0.797. The Morgan fingerprint density at radius 3 is 2.75 bits per heavy atom. The molecule has 1 N–H and O–H groups in total. The molecule has 0 saturated heterocycles. The number of aromatic nitrogens is 4. The van der Waals surface area contributed by atoms with Gasteiger partial charge in [-0.3, -0.25) is 9.78 Å². The van der Waals surface area contributed by atoms with Crippen molar-refractivity contribution in [2.45, 2.75) is 26.8 Å². The molecule has 0 aliphatic heterocycles. The van der Waals surface area contributed by atoms with Crippen molar-refractivity contribution in [3.05, 3.63) is 53.3 Å². The van der Waals surface area contributed by atoms with Crippen LogP contribution in [0.1, 0.15) is 40.6 Å². The summed E-state index contributed by atoms with van der Waals surface area (Å²) in [6.07, 6.45) is 1.66. The fourth-order valence-corrected chi connectivity index (χ4v) is 2.43. The summed E-state index contributed by atoms with van der Waals surface area (Å²) in [5, 5.41) is 6.81. The van der Waals surface area contributed by atoms with E-state index in [-0.39, 0.29) is 5.91 Å². The predicted molar refractivity (Wildman–Crippen MR) is 88.3 cm³/mol. The van der Waals surface area contributed by atoms with Crippen molar-refractivity contribution in [1.29, 1.82) is 0 Å². The molecule has 0 aromatic carbocycles. The van der Waals surface area contributed by atoms with Crippen LogP contribution < -0.4 is 5.32 Å². The molecule has 0 unspecified atom stereocenters. The number of amides is 1. The highest BCUT2D eigenvalue weighted by atomic mass is 16.5. The first kappa shape index (κ1) is 15.9. The number of carbonyl (C=O) groups is 1. The van der Waals surface area contributed by atoms with Gasteiger partial charge in [0, 0.05) is 24.6 Å². The summed E-state index contributed by atoms with van der Waals surface area (Å²) in [5.74, 6) is 0.578. The highest BCUT2D eigenvalue weighted by Crippen LogP contribution is 2.18. The molecule has 3 rings (SSSR count). The Kier molecular flexibility index (Phi) is 4.16. The Labute approximate surface area is 139 Å². The molecule has 0 bridgehead atoms. The second-order valence-corrected chi connectivity index (χ2v) is 5.71. The van der Waals surface area contributed by atoms with Crippen molar-refractivity contribution < 1.29 is 9.32 Å². The van der Waals surface area contributed by atoms with Crippen LogP contribution in [0.25, 0.3) is 11.5 Å². The third-order valence-electron chi connectivity index (χ3n) is 4.07. The van der Waals surface area contributed by atoms with E-state index in [1.807, 2.05) is 43.7 Å². The molecule has 0 radical (unpaired) electrons. The van der Waals surface area contributed by atoms with E-state index in [0.717, 1.165) is 11.4 Å². The van der Waals surface area contributed by atoms with Crippen molar-refractivity contribution in [2.75, 3.05) is 0 Å². The highest BCUT2D eigenvalue weighted by Gasteiger charge is 2.20. The summed E-state index contributed by atoms with van der Waals surface area (Å²) < 4.78 is 7.23. The SMILES string of the molecule is Cc1cc(C(=O)N[C@H](C)c2nc(-c3ccccn3)no2)c(C)n1C. The van der Waals surface area contributed by atoms with E-state index in [4.69, 9.17) is 4.52 Å². The van der Waals surface area contributed by atoms with E-state index < -0.39 is 6.04 Å². The number of hydrogen-bond donors (Lipinski definition) is 1. The maximum Gasteiger partial charge on any atom is 0.253 e. The molecule has 3 heterocycles. The van der Waals surface area contributed by atoms with Gasteiger partial charge >= 0.3 is 0 Å². The topological polar surface area (TPSA) is 85.8 Å². The van der Waals surface area contributed by atoms with Gasteiger partial charge in [0.25, 0.3) is 5.91 Å². The lowest BCUT2D eigenvalue weighted by atomic mass is 10.2. The van der Waals surface area contributed by atoms with E-state index in [1.54, 1.807) is 19.2 Å². The van der Waals surface area contributed by atoms with Gasteiger partial charge in [0.2, 0.25) is 11.7 Å². The number of carbonyl (C=O) groups excluding carboxylic acids is 1. The Morgan fingerprint density at radius 1 is 1.33 bits per heavy atom. The fraction of sp³-hybridized carbons (Fsp3) is 0.294. The first-order valence-electron chi connectivity index (χ1n) is 7.66. The van der Waals surface area contributed by atoms with Gasteiger partial charge in [0.1, 0.15) is 11.7 Å². The smallest absolute Gasteiger partial charge is 0.253 e. The average Bonchev–Trinajstić information content (AvgIpc) is 3.17. The lowest BCUT2D eigenvalue weighted by Gasteiger charge is -2.09. The van der Waals surface area contributed by atoms with Crippen molar-refractivity contribution in [3.63, 3.8) is 0 Å². The third kappa shape index (κ3) is 2.92. The molecular weight excluding hydrogens is 306 g/mol. The van der Waals surface area contributed by atoms with Crippen molar-refractivity contribution in [1.82, 2.24) is 25.0 Å². The number of pyridine rings is 1. The first-order chi connectivity index (χ1) is 11.5. The summed E-state index contributed by atoms with van der Waals surface area (Å²) in [6, 6.07) is 6.93. The van der Waals surface area contributed by atoms with Crippen molar-refractivity contribution in [3.8, 4) is 11.5 Å². The minimum absolute atomic E-state index is 0.165. The van der Waals surface area contributed by atoms with E-state index >= 15 is 0 Å². The number of rotatable bonds is 4.